The maximum Gasteiger partial charge on any atom is 0.234 e. The smallest absolute Gasteiger partial charge is 0.234 e. The maximum atomic E-state index is 13.9. The number of nitrogens with zero attached hydrogens (tertiary/aromatic N) is 4. The van der Waals surface area contributed by atoms with Crippen LogP contribution >= 0.6 is 27.7 Å². The lowest BCUT2D eigenvalue weighted by atomic mass is 10.00. The van der Waals surface area contributed by atoms with Crippen LogP contribution in [0.1, 0.15) is 38.6 Å². The van der Waals surface area contributed by atoms with E-state index in [1.807, 2.05) is 0 Å². The lowest BCUT2D eigenvalue weighted by Gasteiger charge is -2.31. The number of benzene rings is 1. The summed E-state index contributed by atoms with van der Waals surface area (Å²) in [6.07, 6.45) is 4.58. The molecule has 0 spiro atoms. The monoisotopic (exact) mass is 467 g/mol. The largest absolute Gasteiger partial charge is 0.341 e. The third-order valence-electron chi connectivity index (χ3n) is 5.16. The quantitative estimate of drug-likeness (QED) is 0.634. The zero-order valence-electron chi connectivity index (χ0n) is 15.7. The number of thioether (sulfide) groups is 1. The van der Waals surface area contributed by atoms with Crippen molar-refractivity contribution in [3.63, 3.8) is 0 Å². The van der Waals surface area contributed by atoms with Crippen LogP contribution in [0.5, 0.6) is 0 Å². The Bertz CT molecular complexity index is 864. The van der Waals surface area contributed by atoms with Crippen molar-refractivity contribution >= 4 is 45.2 Å². The van der Waals surface area contributed by atoms with E-state index in [2.05, 4.69) is 47.8 Å². The van der Waals surface area contributed by atoms with E-state index in [1.54, 1.807) is 12.1 Å². The van der Waals surface area contributed by atoms with Gasteiger partial charge < -0.3 is 10.2 Å². The molecule has 0 atom stereocenters. The van der Waals surface area contributed by atoms with Crippen molar-refractivity contribution in [1.82, 2.24) is 14.8 Å². The van der Waals surface area contributed by atoms with Crippen molar-refractivity contribution in [2.24, 2.45) is 5.92 Å². The van der Waals surface area contributed by atoms with E-state index in [-0.39, 0.29) is 17.3 Å². The average Bonchev–Trinajstić information content (AvgIpc) is 3.42. The standard InChI is InChI=1S/C19H23BrFN5OS/c1-12-6-8-25(9-7-12)18-23-24-19(26(18)14-3-4-14)28-11-17(27)22-16-5-2-13(20)10-15(16)21/h2,5,10,12,14H,3-4,6-9,11H2,1H3,(H,22,27). The van der Waals surface area contributed by atoms with E-state index in [0.29, 0.717) is 10.5 Å². The van der Waals surface area contributed by atoms with Gasteiger partial charge in [0.1, 0.15) is 5.82 Å². The van der Waals surface area contributed by atoms with Crippen molar-refractivity contribution < 1.29 is 9.18 Å². The van der Waals surface area contributed by atoms with Gasteiger partial charge in [0.05, 0.1) is 11.4 Å². The highest BCUT2D eigenvalue weighted by Crippen LogP contribution is 2.41. The highest BCUT2D eigenvalue weighted by Gasteiger charge is 2.32. The lowest BCUT2D eigenvalue weighted by molar-refractivity contribution is -0.113. The number of nitrogens with one attached hydrogen (secondary N) is 1. The molecule has 2 aliphatic rings. The SMILES string of the molecule is CC1CCN(c2nnc(SCC(=O)Nc3ccc(Br)cc3F)n2C2CC2)CC1. The van der Waals surface area contributed by atoms with Crippen LogP contribution in [-0.4, -0.2) is 39.5 Å². The van der Waals surface area contributed by atoms with Crippen molar-refractivity contribution in [2.45, 2.75) is 43.8 Å². The van der Waals surface area contributed by atoms with Gasteiger partial charge in [-0.3, -0.25) is 9.36 Å². The molecule has 150 valence electrons. The van der Waals surface area contributed by atoms with Crippen molar-refractivity contribution in [2.75, 3.05) is 29.1 Å². The first-order valence-corrected chi connectivity index (χ1v) is 11.4. The molecule has 1 aliphatic carbocycles. The zero-order chi connectivity index (χ0) is 19.7. The molecule has 0 unspecified atom stereocenters. The van der Waals surface area contributed by atoms with Crippen LogP contribution in [0, 0.1) is 11.7 Å². The highest BCUT2D eigenvalue weighted by atomic mass is 79.9. The predicted molar refractivity (Wildman–Crippen MR) is 112 cm³/mol. The minimum Gasteiger partial charge on any atom is -0.341 e. The fourth-order valence-corrected chi connectivity index (χ4v) is 4.49. The van der Waals surface area contributed by atoms with E-state index in [4.69, 9.17) is 0 Å². The summed E-state index contributed by atoms with van der Waals surface area (Å²) in [5.74, 6) is 1.12. The molecule has 9 heteroatoms. The summed E-state index contributed by atoms with van der Waals surface area (Å²) in [7, 11) is 0. The second kappa shape index (κ2) is 8.41. The number of hydrogen-bond donors (Lipinski definition) is 1. The van der Waals surface area contributed by atoms with Crippen LogP contribution in [-0.2, 0) is 4.79 Å². The number of hydrogen-bond acceptors (Lipinski definition) is 5. The van der Waals surface area contributed by atoms with E-state index in [9.17, 15) is 9.18 Å². The van der Waals surface area contributed by atoms with Crippen LogP contribution in [0.4, 0.5) is 16.0 Å². The molecular weight excluding hydrogens is 445 g/mol. The molecule has 1 amide bonds. The molecule has 2 fully saturated rings. The lowest BCUT2D eigenvalue weighted by Crippen LogP contribution is -2.34. The number of rotatable bonds is 6. The maximum absolute atomic E-state index is 13.9. The molecular formula is C19H23BrFN5OS. The van der Waals surface area contributed by atoms with Gasteiger partial charge in [0.25, 0.3) is 0 Å². The van der Waals surface area contributed by atoms with Gasteiger partial charge in [0, 0.05) is 23.6 Å². The fourth-order valence-electron chi connectivity index (χ4n) is 3.35. The van der Waals surface area contributed by atoms with E-state index >= 15 is 0 Å². The van der Waals surface area contributed by atoms with E-state index < -0.39 is 5.82 Å². The molecule has 28 heavy (non-hydrogen) atoms. The summed E-state index contributed by atoms with van der Waals surface area (Å²) in [4.78, 5) is 14.6. The van der Waals surface area contributed by atoms with E-state index in [0.717, 1.165) is 43.0 Å². The van der Waals surface area contributed by atoms with Gasteiger partial charge in [-0.1, -0.05) is 34.6 Å². The Hall–Kier alpha value is -1.61. The molecule has 2 heterocycles. The summed E-state index contributed by atoms with van der Waals surface area (Å²) in [6.45, 7) is 4.29. The normalized spacial score (nSPS) is 17.8. The van der Waals surface area contributed by atoms with Gasteiger partial charge in [-0.2, -0.15) is 0 Å². The van der Waals surface area contributed by atoms with Crippen LogP contribution in [0.2, 0.25) is 0 Å². The van der Waals surface area contributed by atoms with Gasteiger partial charge in [-0.15, -0.1) is 10.2 Å². The summed E-state index contributed by atoms with van der Waals surface area (Å²) < 4.78 is 16.7. The van der Waals surface area contributed by atoms with Gasteiger partial charge in [0.15, 0.2) is 5.16 Å². The van der Waals surface area contributed by atoms with Gasteiger partial charge >= 0.3 is 0 Å². The average molecular weight is 468 g/mol. The number of piperidine rings is 1. The number of carbonyl (C=O) groups is 1. The van der Waals surface area contributed by atoms with Crippen LogP contribution < -0.4 is 10.2 Å². The molecule has 1 N–H and O–H groups in total. The molecule has 1 aliphatic heterocycles. The van der Waals surface area contributed by atoms with Crippen LogP contribution in [0.15, 0.2) is 27.8 Å². The number of aromatic nitrogens is 3. The fraction of sp³-hybridized carbons (Fsp3) is 0.526. The topological polar surface area (TPSA) is 63.1 Å². The number of anilines is 2. The number of carbonyl (C=O) groups excluding carboxylic acids is 1. The molecule has 1 saturated heterocycles. The van der Waals surface area contributed by atoms with Crippen LogP contribution in [0.3, 0.4) is 0 Å². The predicted octanol–water partition coefficient (Wildman–Crippen LogP) is 4.48. The first-order valence-electron chi connectivity index (χ1n) is 9.59. The highest BCUT2D eigenvalue weighted by molar-refractivity contribution is 9.10. The minimum atomic E-state index is -0.463. The van der Waals surface area contributed by atoms with Crippen molar-refractivity contribution in [1.29, 1.82) is 0 Å². The van der Waals surface area contributed by atoms with Gasteiger partial charge in [-0.25, -0.2) is 4.39 Å². The Morgan fingerprint density at radius 3 is 2.71 bits per heavy atom. The molecule has 6 nitrogen and oxygen atoms in total. The first kappa shape index (κ1) is 19.7. The summed E-state index contributed by atoms with van der Waals surface area (Å²) in [5.41, 5.74) is 0.181. The Balaban J connectivity index is 1.41. The Morgan fingerprint density at radius 1 is 1.29 bits per heavy atom. The summed E-state index contributed by atoms with van der Waals surface area (Å²) in [5, 5.41) is 12.2. The third-order valence-corrected chi connectivity index (χ3v) is 6.60. The Morgan fingerprint density at radius 2 is 2.04 bits per heavy atom. The molecule has 4 rings (SSSR count). The minimum absolute atomic E-state index is 0.164. The van der Waals surface area contributed by atoms with Gasteiger partial charge in [-0.05, 0) is 49.8 Å². The molecule has 1 saturated carbocycles. The van der Waals surface area contributed by atoms with Crippen molar-refractivity contribution in [3.05, 3.63) is 28.5 Å². The molecule has 1 aromatic heterocycles. The number of halogens is 2. The van der Waals surface area contributed by atoms with Gasteiger partial charge in [0.2, 0.25) is 11.9 Å². The second-order valence-corrected chi connectivity index (χ2v) is 9.37. The molecule has 0 bridgehead atoms. The summed E-state index contributed by atoms with van der Waals surface area (Å²) >= 11 is 4.57. The molecule has 1 aromatic carbocycles. The zero-order valence-corrected chi connectivity index (χ0v) is 18.1. The number of amides is 1. The van der Waals surface area contributed by atoms with Crippen LogP contribution in [0.25, 0.3) is 0 Å². The summed E-state index contributed by atoms with van der Waals surface area (Å²) in [6, 6.07) is 5.00. The third kappa shape index (κ3) is 4.51. The molecule has 2 aromatic rings. The van der Waals surface area contributed by atoms with Crippen molar-refractivity contribution in [3.8, 4) is 0 Å². The Labute approximate surface area is 176 Å². The first-order chi connectivity index (χ1) is 13.5. The molecule has 0 radical (unpaired) electrons. The van der Waals surface area contributed by atoms with E-state index in [1.165, 1.54) is 30.7 Å². The second-order valence-electron chi connectivity index (χ2n) is 7.51. The Kier molecular flexibility index (Phi) is 5.91.